The van der Waals surface area contributed by atoms with E-state index in [9.17, 15) is 9.35 Å². The molecule has 0 spiro atoms. The van der Waals surface area contributed by atoms with E-state index in [0.29, 0.717) is 10.6 Å². The van der Waals surface area contributed by atoms with Crippen molar-refractivity contribution in [2.75, 3.05) is 7.11 Å². The van der Waals surface area contributed by atoms with Gasteiger partial charge in [0.2, 0.25) is 0 Å². The summed E-state index contributed by atoms with van der Waals surface area (Å²) < 4.78 is 20.9. The topological polar surface area (TPSA) is 61.7 Å². The van der Waals surface area contributed by atoms with Crippen LogP contribution in [0.15, 0.2) is 50.6 Å². The van der Waals surface area contributed by atoms with Gasteiger partial charge in [-0.1, -0.05) is 39.9 Å². The first-order valence-electron chi connectivity index (χ1n) is 8.25. The summed E-state index contributed by atoms with van der Waals surface area (Å²) in [6.07, 6.45) is 1.59. The molecule has 0 aliphatic carbocycles. The third-order valence-electron chi connectivity index (χ3n) is 3.53. The Morgan fingerprint density at radius 2 is 1.96 bits per heavy atom. The lowest BCUT2D eigenvalue weighted by Crippen LogP contribution is -2.25. The van der Waals surface area contributed by atoms with Gasteiger partial charge in [0.15, 0.2) is 0 Å². The summed E-state index contributed by atoms with van der Waals surface area (Å²) in [4.78, 5) is 13.5. The lowest BCUT2D eigenvalue weighted by Gasteiger charge is -2.18. The van der Waals surface area contributed by atoms with Crippen molar-refractivity contribution in [3.8, 4) is 0 Å². The summed E-state index contributed by atoms with van der Waals surface area (Å²) in [5.74, 6) is -0.412. The van der Waals surface area contributed by atoms with E-state index in [1.54, 1.807) is 18.3 Å². The minimum atomic E-state index is -1.38. The van der Waals surface area contributed by atoms with E-state index in [1.165, 1.54) is 18.9 Å². The Hall–Kier alpha value is -1.47. The molecule has 2 rings (SSSR count). The van der Waals surface area contributed by atoms with Gasteiger partial charge < -0.3 is 9.29 Å². The van der Waals surface area contributed by atoms with E-state index in [-0.39, 0.29) is 0 Å². The summed E-state index contributed by atoms with van der Waals surface area (Å²) in [6, 6.07) is 10.9. The van der Waals surface area contributed by atoms with Gasteiger partial charge in [0.25, 0.3) is 0 Å². The zero-order valence-corrected chi connectivity index (χ0v) is 18.3. The molecular weight excluding hydrogens is 402 g/mol. The van der Waals surface area contributed by atoms with Gasteiger partial charge in [0, 0.05) is 15.4 Å². The average Bonchev–Trinajstić information content (AvgIpc) is 2.61. The molecule has 144 valence electrons. The predicted octanol–water partition coefficient (Wildman–Crippen LogP) is 5.47. The summed E-state index contributed by atoms with van der Waals surface area (Å²) in [6.45, 7) is 7.53. The molecule has 1 atom stereocenters. The van der Waals surface area contributed by atoms with Crippen molar-refractivity contribution < 1.29 is 14.1 Å². The van der Waals surface area contributed by atoms with Gasteiger partial charge >= 0.3 is 5.97 Å². The predicted molar refractivity (Wildman–Crippen MR) is 114 cm³/mol. The molecule has 0 bridgehead atoms. The number of hydrogen-bond donors (Lipinski definition) is 0. The monoisotopic (exact) mass is 423 g/mol. The van der Waals surface area contributed by atoms with Crippen LogP contribution in [0.25, 0.3) is 0 Å². The Morgan fingerprint density at radius 3 is 2.59 bits per heavy atom. The van der Waals surface area contributed by atoms with Gasteiger partial charge in [-0.25, -0.2) is 4.79 Å². The highest BCUT2D eigenvalue weighted by molar-refractivity contribution is 7.99. The van der Waals surface area contributed by atoms with Crippen molar-refractivity contribution in [2.24, 2.45) is 4.40 Å². The quantitative estimate of drug-likeness (QED) is 0.363. The molecule has 2 aromatic carbocycles. The first-order valence-corrected chi connectivity index (χ1v) is 10.5. The largest absolute Gasteiger partial charge is 0.591 e. The molecule has 0 aromatic heterocycles. The standard InChI is InChI=1S/C20H22ClNO3S2/c1-13-10-14(12-22-27(24)20(2,3)4)18(16(21)11-13)26-17-9-7-6-8-15(17)19(23)25-5/h6-12H,1-5H3/b22-12+. The fourth-order valence-electron chi connectivity index (χ4n) is 2.17. The molecule has 0 aliphatic heterocycles. The van der Waals surface area contributed by atoms with Crippen LogP contribution in [-0.4, -0.2) is 28.6 Å². The van der Waals surface area contributed by atoms with E-state index < -0.39 is 22.1 Å². The summed E-state index contributed by atoms with van der Waals surface area (Å²) in [5, 5.41) is 0.544. The number of methoxy groups -OCH3 is 1. The minimum absolute atomic E-state index is 0.412. The third-order valence-corrected chi connectivity index (χ3v) is 6.52. The summed E-state index contributed by atoms with van der Waals surface area (Å²) in [5.41, 5.74) is 2.18. The van der Waals surface area contributed by atoms with Crippen LogP contribution < -0.4 is 0 Å². The van der Waals surface area contributed by atoms with Crippen LogP contribution in [0, 0.1) is 6.92 Å². The van der Waals surface area contributed by atoms with Crippen molar-refractivity contribution in [1.82, 2.24) is 0 Å². The summed E-state index contributed by atoms with van der Waals surface area (Å²) in [7, 11) is 1.35. The molecule has 0 fully saturated rings. The van der Waals surface area contributed by atoms with Gasteiger partial charge in [0.1, 0.15) is 16.1 Å². The zero-order valence-electron chi connectivity index (χ0n) is 15.9. The number of rotatable bonds is 5. The number of nitrogens with zero attached hydrogens (tertiary/aromatic N) is 1. The Kier molecular flexibility index (Phi) is 7.40. The Morgan fingerprint density at radius 1 is 1.30 bits per heavy atom. The fourth-order valence-corrected chi connectivity index (χ4v) is 4.10. The van der Waals surface area contributed by atoms with Crippen molar-refractivity contribution in [1.29, 1.82) is 0 Å². The van der Waals surface area contributed by atoms with Crippen LogP contribution in [0.3, 0.4) is 0 Å². The molecule has 0 saturated carbocycles. The Labute approximate surface area is 172 Å². The number of hydrogen-bond acceptors (Lipinski definition) is 5. The average molecular weight is 424 g/mol. The number of ether oxygens (including phenoxy) is 1. The Balaban J connectivity index is 2.47. The number of carbonyl (C=O) groups is 1. The number of esters is 1. The normalized spacial score (nSPS) is 13.0. The van der Waals surface area contributed by atoms with Crippen LogP contribution in [0.4, 0.5) is 0 Å². The lowest BCUT2D eigenvalue weighted by molar-refractivity contribution is 0.0597. The first-order chi connectivity index (χ1) is 12.6. The lowest BCUT2D eigenvalue weighted by atomic mass is 10.1. The second-order valence-corrected chi connectivity index (χ2v) is 10.2. The molecule has 2 aromatic rings. The molecule has 1 unspecified atom stereocenters. The van der Waals surface area contributed by atoms with Crippen LogP contribution >= 0.6 is 23.4 Å². The van der Waals surface area contributed by atoms with Crippen molar-refractivity contribution >= 4 is 46.9 Å². The molecule has 0 N–H and O–H groups in total. The van der Waals surface area contributed by atoms with E-state index in [0.717, 1.165) is 20.9 Å². The smallest absolute Gasteiger partial charge is 0.339 e. The highest BCUT2D eigenvalue weighted by atomic mass is 35.5. The minimum Gasteiger partial charge on any atom is -0.591 e. The highest BCUT2D eigenvalue weighted by Gasteiger charge is 2.26. The number of carbonyl (C=O) groups excluding carboxylic acids is 1. The van der Waals surface area contributed by atoms with Gasteiger partial charge in [-0.3, -0.25) is 0 Å². The van der Waals surface area contributed by atoms with Gasteiger partial charge in [0.05, 0.1) is 23.9 Å². The number of aryl methyl sites for hydroxylation is 1. The van der Waals surface area contributed by atoms with Crippen molar-refractivity contribution in [2.45, 2.75) is 42.2 Å². The molecule has 0 radical (unpaired) electrons. The molecule has 27 heavy (non-hydrogen) atoms. The second kappa shape index (κ2) is 9.15. The van der Waals surface area contributed by atoms with Crippen LogP contribution in [0.1, 0.15) is 42.3 Å². The SMILES string of the molecule is COC(=O)c1ccccc1Sc1c(Cl)cc(C)cc1/C=N/[S+]([O-])C(C)(C)C. The molecule has 0 saturated heterocycles. The highest BCUT2D eigenvalue weighted by Crippen LogP contribution is 2.38. The molecule has 0 aliphatic rings. The van der Waals surface area contributed by atoms with Crippen LogP contribution in [0.5, 0.6) is 0 Å². The van der Waals surface area contributed by atoms with E-state index in [4.69, 9.17) is 16.3 Å². The van der Waals surface area contributed by atoms with Crippen molar-refractivity contribution in [3.63, 3.8) is 0 Å². The third kappa shape index (κ3) is 5.75. The first kappa shape index (κ1) is 21.8. The maximum atomic E-state index is 12.3. The molecule has 4 nitrogen and oxygen atoms in total. The molecular formula is C20H22ClNO3S2. The Bertz CT molecular complexity index is 863. The number of halogens is 1. The van der Waals surface area contributed by atoms with Gasteiger partial charge in [-0.2, -0.15) is 0 Å². The summed E-state index contributed by atoms with van der Waals surface area (Å²) >= 11 is 6.46. The number of benzene rings is 2. The maximum absolute atomic E-state index is 12.3. The van der Waals surface area contributed by atoms with E-state index in [1.807, 2.05) is 52.0 Å². The fraction of sp³-hybridized carbons (Fsp3) is 0.300. The van der Waals surface area contributed by atoms with Crippen molar-refractivity contribution in [3.05, 3.63) is 58.1 Å². The maximum Gasteiger partial charge on any atom is 0.339 e. The molecule has 0 heterocycles. The second-order valence-electron chi connectivity index (χ2n) is 6.85. The molecule has 7 heteroatoms. The van der Waals surface area contributed by atoms with E-state index in [2.05, 4.69) is 4.40 Å². The van der Waals surface area contributed by atoms with Gasteiger partial charge in [-0.15, -0.1) is 0 Å². The van der Waals surface area contributed by atoms with E-state index >= 15 is 0 Å². The zero-order chi connectivity index (χ0) is 20.2. The van der Waals surface area contributed by atoms with Crippen LogP contribution in [-0.2, 0) is 16.1 Å². The van der Waals surface area contributed by atoms with Gasteiger partial charge in [-0.05, 0) is 57.5 Å². The van der Waals surface area contributed by atoms with Crippen LogP contribution in [0.2, 0.25) is 5.02 Å². The molecule has 0 amide bonds.